The molecule has 0 amide bonds. The second kappa shape index (κ2) is 12.4. The SMILES string of the molecule is Cc1noc(C)c1-c1cnc2ccn(Cc3ccc(F)cc3)c2c1.Cc1noc(C)c1-c1cnc2ncn(Cc3ccccn3)c2c1. The van der Waals surface area contributed by atoms with Crippen LogP contribution in [0.15, 0.2) is 101 Å². The van der Waals surface area contributed by atoms with Crippen molar-refractivity contribution >= 4 is 22.2 Å². The van der Waals surface area contributed by atoms with Gasteiger partial charge in [-0.2, -0.15) is 0 Å². The molecule has 0 unspecified atom stereocenters. The summed E-state index contributed by atoms with van der Waals surface area (Å²) < 4.78 is 27.7. The summed E-state index contributed by atoms with van der Waals surface area (Å²) in [7, 11) is 0. The van der Waals surface area contributed by atoms with Gasteiger partial charge in [0, 0.05) is 53.6 Å². The molecule has 0 fully saturated rings. The molecule has 11 heteroatoms. The van der Waals surface area contributed by atoms with Crippen LogP contribution in [0.5, 0.6) is 0 Å². The van der Waals surface area contributed by atoms with Gasteiger partial charge in [0.25, 0.3) is 0 Å². The lowest BCUT2D eigenvalue weighted by Gasteiger charge is -2.07. The number of aromatic nitrogens is 8. The van der Waals surface area contributed by atoms with E-state index in [0.29, 0.717) is 13.1 Å². The molecule has 10 nitrogen and oxygen atoms in total. The van der Waals surface area contributed by atoms with Crippen LogP contribution in [0.1, 0.15) is 34.2 Å². The van der Waals surface area contributed by atoms with Gasteiger partial charge in [-0.1, -0.05) is 28.5 Å². The lowest BCUT2D eigenvalue weighted by Crippen LogP contribution is -2.00. The highest BCUT2D eigenvalue weighted by atomic mass is 19.1. The van der Waals surface area contributed by atoms with Crippen molar-refractivity contribution in [3.8, 4) is 22.3 Å². The van der Waals surface area contributed by atoms with Crippen molar-refractivity contribution in [2.75, 3.05) is 0 Å². The van der Waals surface area contributed by atoms with E-state index in [0.717, 1.165) is 78.6 Å². The summed E-state index contributed by atoms with van der Waals surface area (Å²) in [6.45, 7) is 8.98. The van der Waals surface area contributed by atoms with Crippen molar-refractivity contribution in [3.63, 3.8) is 0 Å². The van der Waals surface area contributed by atoms with Crippen molar-refractivity contribution in [2.24, 2.45) is 0 Å². The molecule has 0 saturated heterocycles. The van der Waals surface area contributed by atoms with E-state index < -0.39 is 0 Å². The minimum atomic E-state index is -0.224. The monoisotopic (exact) mass is 626 g/mol. The van der Waals surface area contributed by atoms with Gasteiger partial charge in [0.05, 0.1) is 46.5 Å². The summed E-state index contributed by atoms with van der Waals surface area (Å²) in [5.41, 5.74) is 11.3. The van der Waals surface area contributed by atoms with Crippen LogP contribution in [0.4, 0.5) is 4.39 Å². The number of imidazole rings is 1. The Balaban J connectivity index is 0.000000150. The maximum Gasteiger partial charge on any atom is 0.177 e. The molecule has 8 rings (SSSR count). The molecule has 0 atom stereocenters. The molecule has 0 bridgehead atoms. The van der Waals surface area contributed by atoms with Crippen LogP contribution < -0.4 is 0 Å². The number of benzene rings is 1. The Hall–Kier alpha value is -5.97. The van der Waals surface area contributed by atoms with Crippen molar-refractivity contribution in [1.82, 2.24) is 39.4 Å². The summed E-state index contributed by atoms with van der Waals surface area (Å²) in [5.74, 6) is 1.35. The summed E-state index contributed by atoms with van der Waals surface area (Å²) in [6.07, 6.45) is 9.24. The third-order valence-electron chi connectivity index (χ3n) is 8.06. The van der Waals surface area contributed by atoms with Gasteiger partial charge in [-0.25, -0.2) is 14.4 Å². The minimum Gasteiger partial charge on any atom is -0.361 e. The molecule has 7 aromatic heterocycles. The molecule has 0 N–H and O–H groups in total. The average molecular weight is 627 g/mol. The average Bonchev–Trinajstić information content (AvgIpc) is 3.85. The predicted octanol–water partition coefficient (Wildman–Crippen LogP) is 7.64. The second-order valence-electron chi connectivity index (χ2n) is 11.4. The largest absolute Gasteiger partial charge is 0.361 e. The van der Waals surface area contributed by atoms with Gasteiger partial charge in [-0.15, -0.1) is 0 Å². The predicted molar refractivity (Wildman–Crippen MR) is 176 cm³/mol. The quantitative estimate of drug-likeness (QED) is 0.185. The third kappa shape index (κ3) is 6.02. The van der Waals surface area contributed by atoms with Gasteiger partial charge in [0.2, 0.25) is 0 Å². The number of halogens is 1. The fourth-order valence-electron chi connectivity index (χ4n) is 5.79. The Kier molecular flexibility index (Phi) is 7.86. The summed E-state index contributed by atoms with van der Waals surface area (Å²) in [5, 5.41) is 8.03. The van der Waals surface area contributed by atoms with Crippen molar-refractivity contribution in [2.45, 2.75) is 40.8 Å². The van der Waals surface area contributed by atoms with Crippen LogP contribution in [0, 0.1) is 33.5 Å². The van der Waals surface area contributed by atoms with Crippen LogP contribution in [0.25, 0.3) is 44.5 Å². The van der Waals surface area contributed by atoms with Crippen molar-refractivity contribution < 1.29 is 13.4 Å². The maximum atomic E-state index is 13.1. The summed E-state index contributed by atoms with van der Waals surface area (Å²) in [6, 6.07) is 18.6. The zero-order valence-electron chi connectivity index (χ0n) is 26.3. The van der Waals surface area contributed by atoms with E-state index in [1.807, 2.05) is 75.1 Å². The lowest BCUT2D eigenvalue weighted by atomic mass is 10.1. The first-order valence-corrected chi connectivity index (χ1v) is 15.1. The smallest absolute Gasteiger partial charge is 0.177 e. The summed E-state index contributed by atoms with van der Waals surface area (Å²) in [4.78, 5) is 17.7. The molecular formula is C36H31FN8O2. The zero-order valence-corrected chi connectivity index (χ0v) is 26.3. The molecular weight excluding hydrogens is 595 g/mol. The van der Waals surface area contributed by atoms with Crippen LogP contribution in [-0.2, 0) is 13.1 Å². The first kappa shape index (κ1) is 29.7. The van der Waals surface area contributed by atoms with Crippen LogP contribution >= 0.6 is 0 Å². The minimum absolute atomic E-state index is 0.224. The van der Waals surface area contributed by atoms with Gasteiger partial charge in [0.1, 0.15) is 17.3 Å². The highest BCUT2D eigenvalue weighted by molar-refractivity contribution is 5.82. The lowest BCUT2D eigenvalue weighted by molar-refractivity contribution is 0.393. The van der Waals surface area contributed by atoms with E-state index in [-0.39, 0.29) is 5.82 Å². The van der Waals surface area contributed by atoms with E-state index in [1.165, 1.54) is 12.1 Å². The van der Waals surface area contributed by atoms with E-state index >= 15 is 0 Å². The van der Waals surface area contributed by atoms with Gasteiger partial charge in [-0.3, -0.25) is 9.97 Å². The van der Waals surface area contributed by atoms with Crippen LogP contribution in [0.2, 0.25) is 0 Å². The number of rotatable bonds is 6. The molecule has 0 aliphatic heterocycles. The fourth-order valence-corrected chi connectivity index (χ4v) is 5.79. The molecule has 0 spiro atoms. The number of pyridine rings is 3. The highest BCUT2D eigenvalue weighted by Crippen LogP contribution is 2.30. The molecule has 0 aliphatic carbocycles. The number of hydrogen-bond donors (Lipinski definition) is 0. The van der Waals surface area contributed by atoms with E-state index in [4.69, 9.17) is 9.05 Å². The standard InChI is InChI=1S/C19H16FN3O.C17H15N5O/c1-12-19(13(2)24-22-12)15-9-18-17(21-10-15)7-8-23(18)11-14-3-5-16(20)6-4-14;1-11-16(12(2)23-21-11)13-7-15-17(19-8-13)20-10-22(15)9-14-5-3-4-6-18-14/h3-10H,11H2,1-2H3;3-8,10H,9H2,1-2H3. The Morgan fingerprint density at radius 1 is 0.681 bits per heavy atom. The van der Waals surface area contributed by atoms with E-state index in [1.54, 1.807) is 24.7 Å². The van der Waals surface area contributed by atoms with Crippen molar-refractivity contribution in [1.29, 1.82) is 0 Å². The first-order chi connectivity index (χ1) is 22.8. The topological polar surface area (TPSA) is 113 Å². The van der Waals surface area contributed by atoms with Crippen molar-refractivity contribution in [3.05, 3.63) is 132 Å². The van der Waals surface area contributed by atoms with Gasteiger partial charge in [-0.05, 0) is 75.7 Å². The third-order valence-corrected chi connectivity index (χ3v) is 8.06. The summed E-state index contributed by atoms with van der Waals surface area (Å²) >= 11 is 0. The number of fused-ring (bicyclic) bond motifs is 2. The molecule has 234 valence electrons. The molecule has 47 heavy (non-hydrogen) atoms. The highest BCUT2D eigenvalue weighted by Gasteiger charge is 2.15. The maximum absolute atomic E-state index is 13.1. The van der Waals surface area contributed by atoms with E-state index in [2.05, 4.69) is 46.9 Å². The second-order valence-corrected chi connectivity index (χ2v) is 11.4. The number of hydrogen-bond acceptors (Lipinski definition) is 8. The Bertz CT molecular complexity index is 2280. The van der Waals surface area contributed by atoms with Crippen LogP contribution in [0.3, 0.4) is 0 Å². The zero-order chi connectivity index (χ0) is 32.5. The Labute approximate surface area is 269 Å². The Morgan fingerprint density at radius 2 is 1.36 bits per heavy atom. The molecule has 0 saturated carbocycles. The van der Waals surface area contributed by atoms with Gasteiger partial charge < -0.3 is 18.2 Å². The van der Waals surface area contributed by atoms with Crippen LogP contribution in [-0.4, -0.2) is 39.4 Å². The molecule has 1 aromatic carbocycles. The first-order valence-electron chi connectivity index (χ1n) is 15.1. The molecule has 0 aliphatic rings. The normalized spacial score (nSPS) is 11.3. The molecule has 7 heterocycles. The number of aryl methyl sites for hydroxylation is 4. The molecule has 8 aromatic rings. The number of nitrogens with zero attached hydrogens (tertiary/aromatic N) is 8. The Morgan fingerprint density at radius 3 is 2.00 bits per heavy atom. The van der Waals surface area contributed by atoms with E-state index in [9.17, 15) is 4.39 Å². The van der Waals surface area contributed by atoms with Gasteiger partial charge >= 0.3 is 0 Å². The fraction of sp³-hybridized carbons (Fsp3) is 0.167. The van der Waals surface area contributed by atoms with Gasteiger partial charge in [0.15, 0.2) is 5.65 Å². The molecule has 0 radical (unpaired) electrons.